The number of nitrogens with zero attached hydrogens (tertiary/aromatic N) is 2. The first-order chi connectivity index (χ1) is 9.67. The lowest BCUT2D eigenvalue weighted by molar-refractivity contribution is -0.146. The molecule has 0 aromatic carbocycles. The number of amides is 1. The van der Waals surface area contributed by atoms with Crippen molar-refractivity contribution in [1.29, 1.82) is 0 Å². The van der Waals surface area contributed by atoms with E-state index in [1.807, 2.05) is 23.8 Å². The van der Waals surface area contributed by atoms with Gasteiger partial charge in [-0.3, -0.25) is 14.5 Å². The average Bonchev–Trinajstić information content (AvgIpc) is 2.35. The summed E-state index contributed by atoms with van der Waals surface area (Å²) in [7, 11) is 3.25. The molecule has 0 aliphatic rings. The van der Waals surface area contributed by atoms with E-state index in [4.69, 9.17) is 4.74 Å². The van der Waals surface area contributed by atoms with Gasteiger partial charge >= 0.3 is 5.97 Å². The molecule has 0 aromatic heterocycles. The molecule has 0 saturated heterocycles. The van der Waals surface area contributed by atoms with Gasteiger partial charge in [0.15, 0.2) is 0 Å². The van der Waals surface area contributed by atoms with E-state index in [0.29, 0.717) is 24.9 Å². The van der Waals surface area contributed by atoms with Crippen LogP contribution in [0.15, 0.2) is 0 Å². The lowest BCUT2D eigenvalue weighted by Crippen LogP contribution is -2.43. The first kappa shape index (κ1) is 19.9. The molecule has 0 N–H and O–H groups in total. The molecule has 0 bridgehead atoms. The normalized spacial score (nSPS) is 12.9. The van der Waals surface area contributed by atoms with Crippen molar-refractivity contribution >= 4 is 11.9 Å². The third-order valence-corrected chi connectivity index (χ3v) is 3.12. The molecule has 1 unspecified atom stereocenters. The average molecular weight is 300 g/mol. The zero-order chi connectivity index (χ0) is 16.6. The van der Waals surface area contributed by atoms with E-state index in [-0.39, 0.29) is 17.8 Å². The number of hydrogen-bond acceptors (Lipinski definition) is 4. The van der Waals surface area contributed by atoms with Gasteiger partial charge in [-0.2, -0.15) is 0 Å². The van der Waals surface area contributed by atoms with Crippen molar-refractivity contribution < 1.29 is 14.3 Å². The summed E-state index contributed by atoms with van der Waals surface area (Å²) in [6.45, 7) is 12.7. The summed E-state index contributed by atoms with van der Waals surface area (Å²) in [6, 6.07) is 0. The lowest BCUT2D eigenvalue weighted by atomic mass is 10.1. The first-order valence-electron chi connectivity index (χ1n) is 7.71. The van der Waals surface area contributed by atoms with Crippen molar-refractivity contribution in [2.24, 2.45) is 17.8 Å². The van der Waals surface area contributed by atoms with Gasteiger partial charge in [0, 0.05) is 19.6 Å². The molecule has 0 saturated carbocycles. The highest BCUT2D eigenvalue weighted by Gasteiger charge is 2.20. The fourth-order valence-corrected chi connectivity index (χ4v) is 2.30. The first-order valence-corrected chi connectivity index (χ1v) is 7.71. The van der Waals surface area contributed by atoms with Crippen LogP contribution in [0.5, 0.6) is 0 Å². The molecule has 5 nitrogen and oxygen atoms in total. The summed E-state index contributed by atoms with van der Waals surface area (Å²) in [5, 5.41) is 0. The standard InChI is InChI=1S/C16H32N2O3/c1-12(2)8-18(9-13(3)4)15(19)11-17(6)10-14(5)16(20)21-7/h12-14H,8-11H2,1-7H3. The number of carbonyl (C=O) groups is 2. The number of carbonyl (C=O) groups excluding carboxylic acids is 2. The minimum Gasteiger partial charge on any atom is -0.469 e. The van der Waals surface area contributed by atoms with Gasteiger partial charge in [0.25, 0.3) is 0 Å². The van der Waals surface area contributed by atoms with Crippen LogP contribution in [0, 0.1) is 17.8 Å². The van der Waals surface area contributed by atoms with E-state index in [9.17, 15) is 9.59 Å². The monoisotopic (exact) mass is 300 g/mol. The topological polar surface area (TPSA) is 49.9 Å². The van der Waals surface area contributed by atoms with Crippen LogP contribution in [-0.4, -0.2) is 62.0 Å². The predicted molar refractivity (Wildman–Crippen MR) is 84.9 cm³/mol. The number of ether oxygens (including phenoxy) is 1. The molecule has 0 aliphatic heterocycles. The Kier molecular flexibility index (Phi) is 9.26. The van der Waals surface area contributed by atoms with Gasteiger partial charge in [0.2, 0.25) is 5.91 Å². The maximum Gasteiger partial charge on any atom is 0.309 e. The van der Waals surface area contributed by atoms with Gasteiger partial charge in [0.05, 0.1) is 19.6 Å². The van der Waals surface area contributed by atoms with E-state index in [0.717, 1.165) is 13.1 Å². The molecular weight excluding hydrogens is 268 g/mol. The Labute approximate surface area is 129 Å². The minimum atomic E-state index is -0.240. The number of likely N-dealkylation sites (N-methyl/N-ethyl adjacent to an activating group) is 1. The Balaban J connectivity index is 4.48. The quantitative estimate of drug-likeness (QED) is 0.610. The fraction of sp³-hybridized carbons (Fsp3) is 0.875. The molecule has 0 fully saturated rings. The molecule has 124 valence electrons. The molecular formula is C16H32N2O3. The second-order valence-electron chi connectivity index (χ2n) is 6.71. The smallest absolute Gasteiger partial charge is 0.309 e. The Morgan fingerprint density at radius 2 is 1.43 bits per heavy atom. The summed E-state index contributed by atoms with van der Waals surface area (Å²) in [5.74, 6) is 0.558. The van der Waals surface area contributed by atoms with Gasteiger partial charge in [-0.1, -0.05) is 34.6 Å². The van der Waals surface area contributed by atoms with Crippen LogP contribution in [-0.2, 0) is 14.3 Å². The van der Waals surface area contributed by atoms with Gasteiger partial charge in [-0.25, -0.2) is 0 Å². The largest absolute Gasteiger partial charge is 0.469 e. The number of esters is 1. The highest BCUT2D eigenvalue weighted by atomic mass is 16.5. The van der Waals surface area contributed by atoms with E-state index >= 15 is 0 Å². The van der Waals surface area contributed by atoms with E-state index in [1.54, 1.807) is 0 Å². The fourth-order valence-electron chi connectivity index (χ4n) is 2.30. The highest BCUT2D eigenvalue weighted by molar-refractivity contribution is 5.78. The van der Waals surface area contributed by atoms with E-state index < -0.39 is 0 Å². The number of hydrogen-bond donors (Lipinski definition) is 0. The zero-order valence-electron chi connectivity index (χ0n) is 14.7. The van der Waals surface area contributed by atoms with Crippen molar-refractivity contribution in [1.82, 2.24) is 9.80 Å². The molecule has 5 heteroatoms. The molecule has 0 rings (SSSR count). The van der Waals surface area contributed by atoms with Gasteiger partial charge in [-0.05, 0) is 18.9 Å². The molecule has 0 spiro atoms. The molecule has 0 radical (unpaired) electrons. The van der Waals surface area contributed by atoms with Crippen LogP contribution >= 0.6 is 0 Å². The maximum atomic E-state index is 12.4. The highest BCUT2D eigenvalue weighted by Crippen LogP contribution is 2.06. The van der Waals surface area contributed by atoms with E-state index in [1.165, 1.54) is 7.11 Å². The maximum absolute atomic E-state index is 12.4. The molecule has 21 heavy (non-hydrogen) atoms. The Morgan fingerprint density at radius 3 is 1.81 bits per heavy atom. The van der Waals surface area contributed by atoms with Crippen molar-refractivity contribution in [3.8, 4) is 0 Å². The molecule has 0 aromatic rings. The summed E-state index contributed by atoms with van der Waals surface area (Å²) < 4.78 is 4.71. The number of rotatable bonds is 9. The van der Waals surface area contributed by atoms with Crippen LogP contribution in [0.1, 0.15) is 34.6 Å². The Hall–Kier alpha value is -1.10. The number of methoxy groups -OCH3 is 1. The van der Waals surface area contributed by atoms with Gasteiger partial charge in [0.1, 0.15) is 0 Å². The van der Waals surface area contributed by atoms with Crippen molar-refractivity contribution in [2.45, 2.75) is 34.6 Å². The summed E-state index contributed by atoms with van der Waals surface area (Å²) in [5.41, 5.74) is 0. The van der Waals surface area contributed by atoms with Crippen molar-refractivity contribution in [3.05, 3.63) is 0 Å². The van der Waals surface area contributed by atoms with Crippen LogP contribution in [0.25, 0.3) is 0 Å². The lowest BCUT2D eigenvalue weighted by Gasteiger charge is -2.29. The van der Waals surface area contributed by atoms with Crippen LogP contribution in [0.2, 0.25) is 0 Å². The van der Waals surface area contributed by atoms with Crippen molar-refractivity contribution in [3.63, 3.8) is 0 Å². The van der Waals surface area contributed by atoms with Crippen molar-refractivity contribution in [2.75, 3.05) is 40.3 Å². The van der Waals surface area contributed by atoms with Crippen LogP contribution < -0.4 is 0 Å². The Morgan fingerprint density at radius 1 is 0.952 bits per heavy atom. The summed E-state index contributed by atoms with van der Waals surface area (Å²) >= 11 is 0. The molecule has 1 atom stereocenters. The SMILES string of the molecule is COC(=O)C(C)CN(C)CC(=O)N(CC(C)C)CC(C)C. The zero-order valence-corrected chi connectivity index (χ0v) is 14.7. The van der Waals surface area contributed by atoms with Crippen LogP contribution in [0.3, 0.4) is 0 Å². The van der Waals surface area contributed by atoms with Crippen LogP contribution in [0.4, 0.5) is 0 Å². The molecule has 0 heterocycles. The van der Waals surface area contributed by atoms with Gasteiger partial charge in [-0.15, -0.1) is 0 Å². The Bertz CT molecular complexity index is 319. The van der Waals surface area contributed by atoms with Gasteiger partial charge < -0.3 is 9.64 Å². The third kappa shape index (κ3) is 8.71. The molecule has 1 amide bonds. The molecule has 0 aliphatic carbocycles. The minimum absolute atomic E-state index is 0.122. The second kappa shape index (κ2) is 9.77. The summed E-state index contributed by atoms with van der Waals surface area (Å²) in [4.78, 5) is 27.6. The summed E-state index contributed by atoms with van der Waals surface area (Å²) in [6.07, 6.45) is 0. The second-order valence-corrected chi connectivity index (χ2v) is 6.71. The van der Waals surface area contributed by atoms with E-state index in [2.05, 4.69) is 27.7 Å². The third-order valence-electron chi connectivity index (χ3n) is 3.12. The predicted octanol–water partition coefficient (Wildman–Crippen LogP) is 1.87.